The summed E-state index contributed by atoms with van der Waals surface area (Å²) in [6.07, 6.45) is 0. The van der Waals surface area contributed by atoms with Crippen LogP contribution in [0.1, 0.15) is 17.0 Å². The molecule has 1 aromatic heterocycles. The van der Waals surface area contributed by atoms with Crippen LogP contribution in [0.25, 0.3) is 11.4 Å². The third kappa shape index (κ3) is 1.84. The lowest BCUT2D eigenvalue weighted by atomic mass is 10.1. The third-order valence-electron chi connectivity index (χ3n) is 2.75. The first-order valence-corrected chi connectivity index (χ1v) is 5.29. The number of benzene rings is 1. The van der Waals surface area contributed by atoms with Crippen LogP contribution in [0.15, 0.2) is 18.2 Å². The maximum absolute atomic E-state index is 5.53. The molecule has 2 rings (SSSR count). The van der Waals surface area contributed by atoms with Gasteiger partial charge < -0.3 is 5.73 Å². The van der Waals surface area contributed by atoms with E-state index in [0.717, 1.165) is 11.4 Å². The third-order valence-corrected chi connectivity index (χ3v) is 2.75. The monoisotopic (exact) mass is 216 g/mol. The lowest BCUT2D eigenvalue weighted by molar-refractivity contribution is 0.749. The summed E-state index contributed by atoms with van der Waals surface area (Å²) < 4.78 is 1.77. The maximum Gasteiger partial charge on any atom is 0.164 e. The standard InChI is InChI=1S/C12H16N4/c1-8-4-5-10(6-9(8)2)12-14-11(7-13)15-16(12)3/h4-6H,7,13H2,1-3H3. The lowest BCUT2D eigenvalue weighted by Crippen LogP contribution is -1.99. The van der Waals surface area contributed by atoms with Crippen LogP contribution >= 0.6 is 0 Å². The summed E-state index contributed by atoms with van der Waals surface area (Å²) in [6.45, 7) is 4.57. The largest absolute Gasteiger partial charge is 0.324 e. The van der Waals surface area contributed by atoms with Crippen LogP contribution in [0.5, 0.6) is 0 Å². The van der Waals surface area contributed by atoms with Crippen molar-refractivity contribution in [2.24, 2.45) is 12.8 Å². The summed E-state index contributed by atoms with van der Waals surface area (Å²) in [7, 11) is 1.89. The predicted octanol–water partition coefficient (Wildman–Crippen LogP) is 1.56. The Morgan fingerprint density at radius 1 is 1.25 bits per heavy atom. The van der Waals surface area contributed by atoms with Gasteiger partial charge in [0.2, 0.25) is 0 Å². The first kappa shape index (κ1) is 10.8. The van der Waals surface area contributed by atoms with Gasteiger partial charge in [-0.25, -0.2) is 9.67 Å². The van der Waals surface area contributed by atoms with Crippen molar-refractivity contribution >= 4 is 0 Å². The number of hydrogen-bond acceptors (Lipinski definition) is 3. The molecule has 0 aliphatic rings. The van der Waals surface area contributed by atoms with Crippen molar-refractivity contribution in [2.45, 2.75) is 20.4 Å². The minimum absolute atomic E-state index is 0.374. The Labute approximate surface area is 95.1 Å². The number of aromatic nitrogens is 3. The summed E-state index contributed by atoms with van der Waals surface area (Å²) >= 11 is 0. The molecular weight excluding hydrogens is 200 g/mol. The Bertz CT molecular complexity index is 514. The van der Waals surface area contributed by atoms with Crippen LogP contribution < -0.4 is 5.73 Å². The van der Waals surface area contributed by atoms with E-state index in [9.17, 15) is 0 Å². The zero-order valence-electron chi connectivity index (χ0n) is 9.86. The molecule has 2 N–H and O–H groups in total. The van der Waals surface area contributed by atoms with E-state index < -0.39 is 0 Å². The molecule has 16 heavy (non-hydrogen) atoms. The quantitative estimate of drug-likeness (QED) is 0.828. The molecule has 0 unspecified atom stereocenters. The molecule has 0 saturated heterocycles. The summed E-state index contributed by atoms with van der Waals surface area (Å²) in [4.78, 5) is 4.40. The summed E-state index contributed by atoms with van der Waals surface area (Å²) in [5.41, 5.74) is 9.15. The van der Waals surface area contributed by atoms with Gasteiger partial charge in [-0.2, -0.15) is 5.10 Å². The molecular formula is C12H16N4. The number of aryl methyl sites for hydroxylation is 3. The highest BCUT2D eigenvalue weighted by atomic mass is 15.3. The van der Waals surface area contributed by atoms with Gasteiger partial charge >= 0.3 is 0 Å². The fraction of sp³-hybridized carbons (Fsp3) is 0.333. The topological polar surface area (TPSA) is 56.7 Å². The van der Waals surface area contributed by atoms with Crippen LogP contribution in [0.4, 0.5) is 0 Å². The van der Waals surface area contributed by atoms with E-state index in [-0.39, 0.29) is 0 Å². The average Bonchev–Trinajstić information content (AvgIpc) is 2.64. The highest BCUT2D eigenvalue weighted by Gasteiger charge is 2.08. The molecule has 0 radical (unpaired) electrons. The van der Waals surface area contributed by atoms with E-state index in [1.54, 1.807) is 4.68 Å². The maximum atomic E-state index is 5.53. The van der Waals surface area contributed by atoms with Gasteiger partial charge in [0.25, 0.3) is 0 Å². The molecule has 0 spiro atoms. The van der Waals surface area contributed by atoms with E-state index in [4.69, 9.17) is 5.73 Å². The smallest absolute Gasteiger partial charge is 0.164 e. The summed E-state index contributed by atoms with van der Waals surface area (Å²) in [5.74, 6) is 1.54. The number of nitrogens with zero attached hydrogens (tertiary/aromatic N) is 3. The molecule has 2 aromatic rings. The first-order valence-electron chi connectivity index (χ1n) is 5.29. The van der Waals surface area contributed by atoms with Gasteiger partial charge in [-0.3, -0.25) is 0 Å². The highest BCUT2D eigenvalue weighted by molar-refractivity contribution is 5.57. The molecule has 4 nitrogen and oxygen atoms in total. The van der Waals surface area contributed by atoms with Crippen LogP contribution in [0.2, 0.25) is 0 Å². The van der Waals surface area contributed by atoms with Crippen molar-refractivity contribution in [3.63, 3.8) is 0 Å². The lowest BCUT2D eigenvalue weighted by Gasteiger charge is -2.03. The Morgan fingerprint density at radius 3 is 2.56 bits per heavy atom. The average molecular weight is 216 g/mol. The van der Waals surface area contributed by atoms with E-state index in [0.29, 0.717) is 12.4 Å². The van der Waals surface area contributed by atoms with Crippen molar-refractivity contribution in [3.05, 3.63) is 35.2 Å². The molecule has 0 atom stereocenters. The zero-order chi connectivity index (χ0) is 11.7. The number of rotatable bonds is 2. The normalized spacial score (nSPS) is 10.8. The fourth-order valence-electron chi connectivity index (χ4n) is 1.66. The van der Waals surface area contributed by atoms with E-state index >= 15 is 0 Å². The molecule has 0 bridgehead atoms. The van der Waals surface area contributed by atoms with Gasteiger partial charge in [0, 0.05) is 12.6 Å². The zero-order valence-corrected chi connectivity index (χ0v) is 9.86. The van der Waals surface area contributed by atoms with Crippen LogP contribution in [0.3, 0.4) is 0 Å². The SMILES string of the molecule is Cc1ccc(-c2nc(CN)nn2C)cc1C. The molecule has 0 aliphatic carbocycles. The minimum atomic E-state index is 0.374. The minimum Gasteiger partial charge on any atom is -0.324 e. The van der Waals surface area contributed by atoms with Crippen LogP contribution in [-0.4, -0.2) is 14.8 Å². The Kier molecular flexibility index (Phi) is 2.75. The van der Waals surface area contributed by atoms with Crippen LogP contribution in [0, 0.1) is 13.8 Å². The molecule has 0 fully saturated rings. The van der Waals surface area contributed by atoms with Crippen molar-refractivity contribution in [1.82, 2.24) is 14.8 Å². The Balaban J connectivity index is 2.49. The summed E-state index contributed by atoms with van der Waals surface area (Å²) in [5, 5.41) is 4.24. The molecule has 0 aliphatic heterocycles. The van der Waals surface area contributed by atoms with E-state index in [2.05, 4.69) is 42.1 Å². The Hall–Kier alpha value is -1.68. The number of hydrogen-bond donors (Lipinski definition) is 1. The Morgan fingerprint density at radius 2 is 2.00 bits per heavy atom. The van der Waals surface area contributed by atoms with Gasteiger partial charge in [0.15, 0.2) is 11.6 Å². The second-order valence-corrected chi connectivity index (χ2v) is 3.98. The highest BCUT2D eigenvalue weighted by Crippen LogP contribution is 2.19. The van der Waals surface area contributed by atoms with E-state index in [1.165, 1.54) is 11.1 Å². The van der Waals surface area contributed by atoms with Gasteiger partial charge in [0.05, 0.1) is 6.54 Å². The van der Waals surface area contributed by atoms with Gasteiger partial charge in [-0.15, -0.1) is 0 Å². The van der Waals surface area contributed by atoms with E-state index in [1.807, 2.05) is 7.05 Å². The fourth-order valence-corrected chi connectivity index (χ4v) is 1.66. The van der Waals surface area contributed by atoms with Crippen molar-refractivity contribution in [3.8, 4) is 11.4 Å². The predicted molar refractivity (Wildman–Crippen MR) is 63.8 cm³/mol. The molecule has 1 aromatic carbocycles. The number of nitrogens with two attached hydrogens (primary N) is 1. The van der Waals surface area contributed by atoms with Gasteiger partial charge in [0.1, 0.15) is 0 Å². The van der Waals surface area contributed by atoms with Crippen molar-refractivity contribution in [1.29, 1.82) is 0 Å². The second kappa shape index (κ2) is 4.06. The second-order valence-electron chi connectivity index (χ2n) is 3.98. The molecule has 84 valence electrons. The first-order chi connectivity index (χ1) is 7.61. The van der Waals surface area contributed by atoms with Crippen LogP contribution in [-0.2, 0) is 13.6 Å². The van der Waals surface area contributed by atoms with Crippen molar-refractivity contribution in [2.75, 3.05) is 0 Å². The van der Waals surface area contributed by atoms with Crippen molar-refractivity contribution < 1.29 is 0 Å². The summed E-state index contributed by atoms with van der Waals surface area (Å²) in [6, 6.07) is 6.29. The molecule has 4 heteroatoms. The molecule has 0 saturated carbocycles. The van der Waals surface area contributed by atoms with Gasteiger partial charge in [-0.05, 0) is 31.0 Å². The van der Waals surface area contributed by atoms with Gasteiger partial charge in [-0.1, -0.05) is 12.1 Å². The molecule has 1 heterocycles. The molecule has 0 amide bonds.